The number of hydrogen-bond acceptors (Lipinski definition) is 8. The summed E-state index contributed by atoms with van der Waals surface area (Å²) >= 11 is 0. The first-order valence-corrected chi connectivity index (χ1v) is 16.1. The highest BCUT2D eigenvalue weighted by molar-refractivity contribution is 6.04. The minimum Gasteiger partial charge on any atom is -0.508 e. The number of benzene rings is 2. The Morgan fingerprint density at radius 2 is 1.93 bits per heavy atom. The number of aromatic nitrogens is 3. The second-order valence-corrected chi connectivity index (χ2v) is 13.0. The Labute approximate surface area is 264 Å². The van der Waals surface area contributed by atoms with Crippen molar-refractivity contribution in [3.63, 3.8) is 0 Å². The number of terminal acetylenes is 1. The molecule has 0 bridgehead atoms. The molecule has 0 unspecified atom stereocenters. The molecule has 4 aliphatic rings. The highest BCUT2D eigenvalue weighted by Crippen LogP contribution is 2.45. The van der Waals surface area contributed by atoms with Gasteiger partial charge in [-0.2, -0.15) is 9.97 Å². The summed E-state index contributed by atoms with van der Waals surface area (Å²) in [7, 11) is 0. The summed E-state index contributed by atoms with van der Waals surface area (Å²) in [5.41, 5.74) is -0.650. The van der Waals surface area contributed by atoms with Crippen LogP contribution in [-0.4, -0.2) is 75.6 Å². The molecule has 238 valence electrons. The predicted octanol–water partition coefficient (Wildman–Crippen LogP) is 6.30. The molecule has 4 aromatic rings. The van der Waals surface area contributed by atoms with Crippen molar-refractivity contribution < 1.29 is 27.8 Å². The number of phenolic OH excluding ortho intramolecular Hbond substituents is 1. The largest absolute Gasteiger partial charge is 0.508 e. The molecule has 2 aromatic heterocycles. The third-order valence-corrected chi connectivity index (χ3v) is 10.2. The predicted molar refractivity (Wildman–Crippen MR) is 168 cm³/mol. The smallest absolute Gasteiger partial charge is 0.319 e. The minimum atomic E-state index is -0.923. The Balaban J connectivity index is 1.33. The summed E-state index contributed by atoms with van der Waals surface area (Å²) in [6.07, 6.45) is 11.9. The minimum absolute atomic E-state index is 0.00753. The number of alkyl halides is 1. The molecule has 0 radical (unpaired) electrons. The van der Waals surface area contributed by atoms with Gasteiger partial charge in [-0.05, 0) is 55.8 Å². The van der Waals surface area contributed by atoms with Crippen molar-refractivity contribution in [2.45, 2.75) is 69.1 Å². The van der Waals surface area contributed by atoms with Crippen LogP contribution in [0, 0.1) is 24.0 Å². The van der Waals surface area contributed by atoms with Crippen molar-refractivity contribution in [1.82, 2.24) is 19.9 Å². The van der Waals surface area contributed by atoms with Gasteiger partial charge in [0.05, 0.1) is 17.1 Å². The van der Waals surface area contributed by atoms with Crippen molar-refractivity contribution in [3.05, 3.63) is 41.5 Å². The fourth-order valence-corrected chi connectivity index (χ4v) is 8.04. The molecule has 0 saturated carbocycles. The molecule has 11 heteroatoms. The van der Waals surface area contributed by atoms with Crippen LogP contribution in [0.4, 0.5) is 19.0 Å². The average molecular weight is 630 g/mol. The van der Waals surface area contributed by atoms with Crippen LogP contribution >= 0.6 is 0 Å². The van der Waals surface area contributed by atoms with Crippen LogP contribution in [0.2, 0.25) is 0 Å². The molecule has 3 atom stereocenters. The fraction of sp³-hybridized carbons (Fsp3) is 0.457. The van der Waals surface area contributed by atoms with Crippen LogP contribution in [0.5, 0.6) is 17.6 Å². The molecule has 3 saturated heterocycles. The molecular weight excluding hydrogens is 595 g/mol. The standard InChI is InChI=1S/C35H34F3N5O3/c1-2-24-26(37)10-9-20-14-23(44)15-25(27(20)24)30-29(38)31-28-32(43-13-6-4-3-5-8-22(43)18-45-33(28)39-30)41-34(40-31)46-19-35-11-7-12-42(35)17-21(36)16-35/h1,9-10,14-15,21-22,44H,3-8,11-13,16-19H2/t21-,22-,35+/m1/s1. The molecule has 8 rings (SSSR count). The van der Waals surface area contributed by atoms with Crippen LogP contribution in [-0.2, 0) is 0 Å². The summed E-state index contributed by atoms with van der Waals surface area (Å²) < 4.78 is 59.0. The van der Waals surface area contributed by atoms with E-state index < -0.39 is 23.3 Å². The van der Waals surface area contributed by atoms with E-state index >= 15 is 4.39 Å². The zero-order chi connectivity index (χ0) is 31.6. The number of fused-ring (bicyclic) bond motifs is 4. The van der Waals surface area contributed by atoms with Crippen LogP contribution < -0.4 is 14.4 Å². The topological polar surface area (TPSA) is 83.8 Å². The van der Waals surface area contributed by atoms with Crippen LogP contribution in [0.1, 0.15) is 56.9 Å². The van der Waals surface area contributed by atoms with E-state index in [1.807, 2.05) is 0 Å². The summed E-state index contributed by atoms with van der Waals surface area (Å²) in [6.45, 7) is 2.38. The quantitative estimate of drug-likeness (QED) is 0.264. The first-order valence-electron chi connectivity index (χ1n) is 16.1. The third-order valence-electron chi connectivity index (χ3n) is 10.2. The van der Waals surface area contributed by atoms with E-state index in [1.165, 1.54) is 24.3 Å². The Bertz CT molecular complexity index is 1920. The normalized spacial score (nSPS) is 24.5. The number of nitrogens with zero attached hydrogens (tertiary/aromatic N) is 5. The molecule has 6 heterocycles. The van der Waals surface area contributed by atoms with Gasteiger partial charge in [-0.25, -0.2) is 18.2 Å². The van der Waals surface area contributed by atoms with Gasteiger partial charge in [0.25, 0.3) is 0 Å². The molecule has 2 aromatic carbocycles. The lowest BCUT2D eigenvalue weighted by Gasteiger charge is -2.33. The molecule has 46 heavy (non-hydrogen) atoms. The molecule has 0 aliphatic carbocycles. The van der Waals surface area contributed by atoms with E-state index in [0.29, 0.717) is 42.7 Å². The summed E-state index contributed by atoms with van der Waals surface area (Å²) in [5, 5.41) is 11.6. The first kappa shape index (κ1) is 29.1. The van der Waals surface area contributed by atoms with Crippen molar-refractivity contribution in [1.29, 1.82) is 0 Å². The molecule has 4 aliphatic heterocycles. The van der Waals surface area contributed by atoms with E-state index in [1.54, 1.807) is 0 Å². The second kappa shape index (κ2) is 11.2. The van der Waals surface area contributed by atoms with Gasteiger partial charge in [0.2, 0.25) is 5.88 Å². The number of halogens is 3. The van der Waals surface area contributed by atoms with Gasteiger partial charge in [-0.15, -0.1) is 6.42 Å². The second-order valence-electron chi connectivity index (χ2n) is 13.0. The van der Waals surface area contributed by atoms with Crippen molar-refractivity contribution in [2.75, 3.05) is 37.7 Å². The van der Waals surface area contributed by atoms with Crippen LogP contribution in [0.15, 0.2) is 24.3 Å². The van der Waals surface area contributed by atoms with Gasteiger partial charge in [0.1, 0.15) is 53.4 Å². The van der Waals surface area contributed by atoms with Crippen molar-refractivity contribution in [3.8, 4) is 41.2 Å². The van der Waals surface area contributed by atoms with Gasteiger partial charge in [-0.1, -0.05) is 31.2 Å². The number of phenols is 1. The molecule has 0 amide bonds. The van der Waals surface area contributed by atoms with Crippen LogP contribution in [0.25, 0.3) is 32.9 Å². The van der Waals surface area contributed by atoms with Crippen molar-refractivity contribution >= 4 is 27.5 Å². The van der Waals surface area contributed by atoms with E-state index in [0.717, 1.165) is 51.5 Å². The van der Waals surface area contributed by atoms with E-state index in [2.05, 4.69) is 25.7 Å². The van der Waals surface area contributed by atoms with Crippen LogP contribution in [0.3, 0.4) is 0 Å². The highest BCUT2D eigenvalue weighted by Gasteiger charge is 2.49. The number of pyridine rings is 1. The molecule has 0 spiro atoms. The van der Waals surface area contributed by atoms with E-state index in [4.69, 9.17) is 20.9 Å². The Kier molecular flexibility index (Phi) is 7.09. The summed E-state index contributed by atoms with van der Waals surface area (Å²) in [6, 6.07) is 5.42. The number of ether oxygens (including phenoxy) is 2. The summed E-state index contributed by atoms with van der Waals surface area (Å²) in [4.78, 5) is 18.4. The van der Waals surface area contributed by atoms with Gasteiger partial charge in [-0.3, -0.25) is 4.90 Å². The molecule has 3 fully saturated rings. The number of aromatic hydroxyl groups is 1. The maximum Gasteiger partial charge on any atom is 0.319 e. The lowest BCUT2D eigenvalue weighted by atomic mass is 9.95. The SMILES string of the molecule is C#Cc1c(F)ccc2cc(O)cc(-c3nc4c5c(nc(OC[C@@]67CCCN6C[C@H](F)C7)nc5c3F)N3CCCCCC[C@@H]3CO4)c12. The lowest BCUT2D eigenvalue weighted by Crippen LogP contribution is -2.43. The number of anilines is 1. The third kappa shape index (κ3) is 4.68. The monoisotopic (exact) mass is 629 g/mol. The van der Waals surface area contributed by atoms with Gasteiger partial charge < -0.3 is 19.5 Å². The number of hydrogen-bond donors (Lipinski definition) is 1. The van der Waals surface area contributed by atoms with Gasteiger partial charge >= 0.3 is 6.01 Å². The lowest BCUT2D eigenvalue weighted by molar-refractivity contribution is 0.107. The zero-order valence-electron chi connectivity index (χ0n) is 25.4. The highest BCUT2D eigenvalue weighted by atomic mass is 19.1. The first-order chi connectivity index (χ1) is 22.3. The van der Waals surface area contributed by atoms with Gasteiger partial charge in [0, 0.05) is 30.5 Å². The zero-order valence-corrected chi connectivity index (χ0v) is 25.4. The fourth-order valence-electron chi connectivity index (χ4n) is 8.04. The molecular formula is C35H34F3N5O3. The Morgan fingerprint density at radius 3 is 2.80 bits per heavy atom. The maximum atomic E-state index is 17.0. The van der Waals surface area contributed by atoms with Crippen molar-refractivity contribution in [2.24, 2.45) is 0 Å². The summed E-state index contributed by atoms with van der Waals surface area (Å²) in [5.74, 6) is 1.41. The maximum absolute atomic E-state index is 17.0. The average Bonchev–Trinajstić information content (AvgIpc) is 3.51. The van der Waals surface area contributed by atoms with Gasteiger partial charge in [0.15, 0.2) is 5.82 Å². The number of rotatable bonds is 4. The Morgan fingerprint density at radius 1 is 1.07 bits per heavy atom. The Hall–Kier alpha value is -4.30. The molecule has 8 nitrogen and oxygen atoms in total. The van der Waals surface area contributed by atoms with E-state index in [9.17, 15) is 13.9 Å². The molecule has 1 N–H and O–H groups in total. The van der Waals surface area contributed by atoms with E-state index in [-0.39, 0.29) is 58.0 Å².